The molecule has 0 aromatic heterocycles. The van der Waals surface area contributed by atoms with Gasteiger partial charge in [-0.3, -0.25) is 0 Å². The molecular formula is C12H25NO2S. The summed E-state index contributed by atoms with van der Waals surface area (Å²) in [5.74, 6) is 0.325. The Kier molecular flexibility index (Phi) is 4.41. The van der Waals surface area contributed by atoms with Gasteiger partial charge in [-0.1, -0.05) is 20.8 Å². The zero-order valence-electron chi connectivity index (χ0n) is 10.9. The van der Waals surface area contributed by atoms with E-state index in [1.165, 1.54) is 0 Å². The van der Waals surface area contributed by atoms with Gasteiger partial charge in [-0.15, -0.1) is 0 Å². The SMILES string of the molecule is CCCS(=O)(=O)C1CC(C)(C)CCC1NC. The lowest BCUT2D eigenvalue weighted by Gasteiger charge is -2.40. The zero-order valence-corrected chi connectivity index (χ0v) is 11.7. The molecule has 0 amide bonds. The van der Waals surface area contributed by atoms with Gasteiger partial charge in [0.15, 0.2) is 9.84 Å². The second-order valence-electron chi connectivity index (χ2n) is 5.71. The Morgan fingerprint density at radius 3 is 2.50 bits per heavy atom. The van der Waals surface area contributed by atoms with Gasteiger partial charge in [0.25, 0.3) is 0 Å². The fourth-order valence-corrected chi connectivity index (χ4v) is 5.01. The minimum atomic E-state index is -2.93. The summed E-state index contributed by atoms with van der Waals surface area (Å²) < 4.78 is 24.4. The highest BCUT2D eigenvalue weighted by atomic mass is 32.2. The molecular weight excluding hydrogens is 222 g/mol. The van der Waals surface area contributed by atoms with E-state index >= 15 is 0 Å². The Morgan fingerprint density at radius 2 is 2.00 bits per heavy atom. The first-order valence-electron chi connectivity index (χ1n) is 6.21. The molecule has 0 radical (unpaired) electrons. The molecule has 1 aliphatic carbocycles. The fourth-order valence-electron chi connectivity index (χ4n) is 2.66. The Balaban J connectivity index is 2.88. The van der Waals surface area contributed by atoms with E-state index in [4.69, 9.17) is 0 Å². The minimum Gasteiger partial charge on any atom is -0.316 e. The van der Waals surface area contributed by atoms with Crippen LogP contribution in [0.4, 0.5) is 0 Å². The first-order valence-corrected chi connectivity index (χ1v) is 7.93. The molecule has 4 heteroatoms. The Bertz CT molecular complexity index is 322. The van der Waals surface area contributed by atoms with Crippen molar-refractivity contribution >= 4 is 9.84 Å². The van der Waals surface area contributed by atoms with Crippen molar-refractivity contribution in [3.05, 3.63) is 0 Å². The van der Waals surface area contributed by atoms with Crippen LogP contribution in [0.15, 0.2) is 0 Å². The quantitative estimate of drug-likeness (QED) is 0.826. The van der Waals surface area contributed by atoms with Crippen molar-refractivity contribution in [1.82, 2.24) is 5.32 Å². The lowest BCUT2D eigenvalue weighted by Crippen LogP contribution is -2.49. The highest BCUT2D eigenvalue weighted by molar-refractivity contribution is 7.92. The summed E-state index contributed by atoms with van der Waals surface area (Å²) in [5, 5.41) is 2.98. The van der Waals surface area contributed by atoms with Gasteiger partial charge in [-0.25, -0.2) is 8.42 Å². The maximum atomic E-state index is 12.2. The van der Waals surface area contributed by atoms with Crippen molar-refractivity contribution in [2.75, 3.05) is 12.8 Å². The van der Waals surface area contributed by atoms with Crippen LogP contribution in [-0.2, 0) is 9.84 Å². The van der Waals surface area contributed by atoms with Gasteiger partial charge in [-0.2, -0.15) is 0 Å². The second-order valence-corrected chi connectivity index (χ2v) is 8.05. The maximum Gasteiger partial charge on any atom is 0.154 e. The van der Waals surface area contributed by atoms with Gasteiger partial charge in [0.05, 0.1) is 11.0 Å². The Hall–Kier alpha value is -0.0900. The number of rotatable bonds is 4. The molecule has 0 bridgehead atoms. The lowest BCUT2D eigenvalue weighted by molar-refractivity contribution is 0.213. The fraction of sp³-hybridized carbons (Fsp3) is 1.00. The highest BCUT2D eigenvalue weighted by Crippen LogP contribution is 2.38. The third-order valence-corrected chi connectivity index (χ3v) is 6.05. The van der Waals surface area contributed by atoms with E-state index in [0.717, 1.165) is 25.7 Å². The number of hydrogen-bond donors (Lipinski definition) is 1. The van der Waals surface area contributed by atoms with Gasteiger partial charge in [0.1, 0.15) is 0 Å². The van der Waals surface area contributed by atoms with E-state index in [1.54, 1.807) is 0 Å². The van der Waals surface area contributed by atoms with Crippen molar-refractivity contribution in [1.29, 1.82) is 0 Å². The van der Waals surface area contributed by atoms with Gasteiger partial charge < -0.3 is 5.32 Å². The summed E-state index contributed by atoms with van der Waals surface area (Å²) in [6.45, 7) is 6.28. The van der Waals surface area contributed by atoms with Gasteiger partial charge in [0, 0.05) is 6.04 Å². The van der Waals surface area contributed by atoms with Crippen LogP contribution in [-0.4, -0.2) is 32.5 Å². The molecule has 2 unspecified atom stereocenters. The molecule has 0 spiro atoms. The summed E-state index contributed by atoms with van der Waals surface area (Å²) in [6.07, 6.45) is 3.59. The monoisotopic (exact) mass is 247 g/mol. The van der Waals surface area contributed by atoms with Crippen LogP contribution in [0.3, 0.4) is 0 Å². The van der Waals surface area contributed by atoms with Crippen LogP contribution in [0, 0.1) is 5.41 Å². The molecule has 1 rings (SSSR count). The standard InChI is InChI=1S/C12H25NO2S/c1-5-8-16(14,15)11-9-12(2,3)7-6-10(11)13-4/h10-11,13H,5-9H2,1-4H3. The van der Waals surface area contributed by atoms with E-state index in [-0.39, 0.29) is 16.7 Å². The van der Waals surface area contributed by atoms with Crippen molar-refractivity contribution in [2.45, 2.75) is 57.7 Å². The number of nitrogens with one attached hydrogen (secondary N) is 1. The van der Waals surface area contributed by atoms with E-state index in [9.17, 15) is 8.42 Å². The minimum absolute atomic E-state index is 0.143. The third kappa shape index (κ3) is 3.20. The average Bonchev–Trinajstić information content (AvgIpc) is 2.16. The molecule has 1 fully saturated rings. The van der Waals surface area contributed by atoms with Crippen molar-refractivity contribution in [2.24, 2.45) is 5.41 Å². The summed E-state index contributed by atoms with van der Waals surface area (Å²) in [7, 11) is -1.06. The smallest absolute Gasteiger partial charge is 0.154 e. The van der Waals surface area contributed by atoms with E-state index < -0.39 is 9.84 Å². The first-order chi connectivity index (χ1) is 7.32. The number of hydrogen-bond acceptors (Lipinski definition) is 3. The molecule has 0 saturated heterocycles. The van der Waals surface area contributed by atoms with Gasteiger partial charge >= 0.3 is 0 Å². The Morgan fingerprint density at radius 1 is 1.38 bits per heavy atom. The predicted octanol–water partition coefficient (Wildman–Crippen LogP) is 1.98. The Labute approximate surface area is 99.9 Å². The zero-order chi connectivity index (χ0) is 12.4. The van der Waals surface area contributed by atoms with E-state index in [0.29, 0.717) is 5.75 Å². The summed E-state index contributed by atoms with van der Waals surface area (Å²) in [6, 6.07) is 0.143. The average molecular weight is 247 g/mol. The lowest BCUT2D eigenvalue weighted by atomic mass is 9.75. The largest absolute Gasteiger partial charge is 0.316 e. The third-order valence-electron chi connectivity index (χ3n) is 3.66. The van der Waals surface area contributed by atoms with Crippen LogP contribution in [0.25, 0.3) is 0 Å². The summed E-state index contributed by atoms with van der Waals surface area (Å²) in [4.78, 5) is 0. The predicted molar refractivity (Wildman–Crippen MR) is 68.3 cm³/mol. The van der Waals surface area contributed by atoms with Gasteiger partial charge in [-0.05, 0) is 38.1 Å². The normalized spacial score (nSPS) is 30.2. The van der Waals surface area contributed by atoms with Crippen LogP contribution >= 0.6 is 0 Å². The molecule has 96 valence electrons. The summed E-state index contributed by atoms with van der Waals surface area (Å²) in [5.41, 5.74) is 0.166. The van der Waals surface area contributed by atoms with Crippen LogP contribution in [0.5, 0.6) is 0 Å². The van der Waals surface area contributed by atoms with E-state index in [1.807, 2.05) is 14.0 Å². The molecule has 0 aliphatic heterocycles. The highest BCUT2D eigenvalue weighted by Gasteiger charge is 2.40. The molecule has 1 saturated carbocycles. The second kappa shape index (κ2) is 5.05. The van der Waals surface area contributed by atoms with Crippen LogP contribution < -0.4 is 5.32 Å². The van der Waals surface area contributed by atoms with Crippen molar-refractivity contribution in [3.63, 3.8) is 0 Å². The number of sulfone groups is 1. The molecule has 16 heavy (non-hydrogen) atoms. The molecule has 0 aromatic rings. The summed E-state index contributed by atoms with van der Waals surface area (Å²) >= 11 is 0. The van der Waals surface area contributed by atoms with E-state index in [2.05, 4.69) is 19.2 Å². The molecule has 2 atom stereocenters. The first kappa shape index (κ1) is 14.0. The van der Waals surface area contributed by atoms with Crippen molar-refractivity contribution < 1.29 is 8.42 Å². The van der Waals surface area contributed by atoms with Crippen LogP contribution in [0.2, 0.25) is 0 Å². The molecule has 1 aliphatic rings. The maximum absolute atomic E-state index is 12.2. The molecule has 0 aromatic carbocycles. The van der Waals surface area contributed by atoms with Gasteiger partial charge in [0.2, 0.25) is 0 Å². The van der Waals surface area contributed by atoms with Crippen molar-refractivity contribution in [3.8, 4) is 0 Å². The molecule has 1 N–H and O–H groups in total. The topological polar surface area (TPSA) is 46.2 Å². The molecule has 3 nitrogen and oxygen atoms in total. The molecule has 0 heterocycles. The van der Waals surface area contributed by atoms with Crippen LogP contribution in [0.1, 0.15) is 46.5 Å².